The highest BCUT2D eigenvalue weighted by atomic mass is 35.5. The number of alkyl halides is 2. The molecule has 2 bridgehead atoms. The van der Waals surface area contributed by atoms with E-state index in [-0.39, 0.29) is 50.4 Å². The zero-order valence-electron chi connectivity index (χ0n) is 20.8. The largest absolute Gasteiger partial charge is 0.463 e. The number of nitrogens with one attached hydrogen (secondary N) is 1. The van der Waals surface area contributed by atoms with E-state index in [0.717, 1.165) is 12.3 Å². The Morgan fingerprint density at radius 2 is 2.00 bits per heavy atom. The van der Waals surface area contributed by atoms with Crippen LogP contribution in [0.1, 0.15) is 37.6 Å². The normalized spacial score (nSPS) is 16.8. The number of allylic oxidation sites excluding steroid dienone is 1. The van der Waals surface area contributed by atoms with Crippen LogP contribution in [0.2, 0.25) is 5.02 Å². The minimum atomic E-state index is -2.98. The molecule has 0 aliphatic carbocycles. The molecule has 10 nitrogen and oxygen atoms in total. The number of carbonyl (C=O) groups is 1. The molecule has 1 aliphatic rings. The van der Waals surface area contributed by atoms with Gasteiger partial charge in [0.25, 0.3) is 5.69 Å². The molecule has 40 heavy (non-hydrogen) atoms. The second kappa shape index (κ2) is 10.8. The second-order valence-electron chi connectivity index (χ2n) is 9.09. The molecule has 0 radical (unpaired) electrons. The zero-order chi connectivity index (χ0) is 28.6. The Morgan fingerprint density at radius 1 is 1.20 bits per heavy atom. The van der Waals surface area contributed by atoms with Gasteiger partial charge in [0.15, 0.2) is 5.43 Å². The highest BCUT2D eigenvalue weighted by molar-refractivity contribution is 6.31. The third-order valence-electron chi connectivity index (χ3n) is 6.49. The standard InChI is InChI=1S/C27H20ClF2N5O5/c1-14-3-2-4-17(19-13-40-24(11-23(19)36)18-10-16(28)5-6-22(18)35(38)39)20-9-15(7-8-31-20)25-21(33-26(14)37)12-32-34(25)27(29)30/h4-14,27H,2-3H2,1H3,(H,33,37)/b17-4-/t14-/m1/s1. The summed E-state index contributed by atoms with van der Waals surface area (Å²) in [5.74, 6) is -0.922. The first kappa shape index (κ1) is 26.9. The molecule has 3 aromatic heterocycles. The maximum atomic E-state index is 13.8. The van der Waals surface area contributed by atoms with Gasteiger partial charge in [-0.1, -0.05) is 24.6 Å². The number of hydrogen-bond acceptors (Lipinski definition) is 7. The maximum absolute atomic E-state index is 13.8. The number of carbonyl (C=O) groups excluding carboxylic acids is 1. The topological polar surface area (TPSA) is 133 Å². The number of benzene rings is 1. The lowest BCUT2D eigenvalue weighted by molar-refractivity contribution is -0.384. The van der Waals surface area contributed by atoms with Gasteiger partial charge in [0.05, 0.1) is 39.3 Å². The lowest BCUT2D eigenvalue weighted by Gasteiger charge is -2.16. The predicted molar refractivity (Wildman–Crippen MR) is 143 cm³/mol. The van der Waals surface area contributed by atoms with Crippen molar-refractivity contribution in [2.75, 3.05) is 5.32 Å². The number of pyridine rings is 1. The molecule has 1 atom stereocenters. The minimum absolute atomic E-state index is 0.0187. The third kappa shape index (κ3) is 5.13. The van der Waals surface area contributed by atoms with Crippen LogP contribution in [0.25, 0.3) is 28.2 Å². The van der Waals surface area contributed by atoms with Gasteiger partial charge in [0, 0.05) is 40.4 Å². The number of nitro groups is 1. The molecule has 0 spiro atoms. The fraction of sp³-hybridized carbons (Fsp3) is 0.185. The van der Waals surface area contributed by atoms with Gasteiger partial charge in [-0.3, -0.25) is 24.7 Å². The molecule has 0 fully saturated rings. The summed E-state index contributed by atoms with van der Waals surface area (Å²) in [6.07, 6.45) is 6.20. The maximum Gasteiger partial charge on any atom is 0.333 e. The fourth-order valence-corrected chi connectivity index (χ4v) is 4.62. The van der Waals surface area contributed by atoms with Gasteiger partial charge in [-0.05, 0) is 37.1 Å². The number of rotatable bonds is 4. The number of halogens is 3. The molecule has 4 heterocycles. The van der Waals surface area contributed by atoms with Crippen LogP contribution in [0.3, 0.4) is 0 Å². The zero-order valence-corrected chi connectivity index (χ0v) is 21.6. The molecular formula is C27H20ClF2N5O5. The highest BCUT2D eigenvalue weighted by Crippen LogP contribution is 2.35. The Morgan fingerprint density at radius 3 is 2.73 bits per heavy atom. The summed E-state index contributed by atoms with van der Waals surface area (Å²) in [6, 6.07) is 8.02. The fourth-order valence-electron chi connectivity index (χ4n) is 4.45. The number of anilines is 1. The molecule has 4 aromatic rings. The van der Waals surface area contributed by atoms with Gasteiger partial charge in [0.2, 0.25) is 5.91 Å². The minimum Gasteiger partial charge on any atom is -0.463 e. The third-order valence-corrected chi connectivity index (χ3v) is 6.72. The number of hydrogen-bond donors (Lipinski definition) is 1. The van der Waals surface area contributed by atoms with Crippen molar-refractivity contribution >= 4 is 34.5 Å². The number of fused-ring (bicyclic) bond motifs is 4. The molecule has 1 N–H and O–H groups in total. The molecule has 204 valence electrons. The van der Waals surface area contributed by atoms with Crippen LogP contribution >= 0.6 is 11.6 Å². The van der Waals surface area contributed by atoms with E-state index in [2.05, 4.69) is 15.4 Å². The van der Waals surface area contributed by atoms with Gasteiger partial charge in [-0.2, -0.15) is 13.9 Å². The summed E-state index contributed by atoms with van der Waals surface area (Å²) in [6.45, 7) is -1.28. The first-order valence-electron chi connectivity index (χ1n) is 12.0. The summed E-state index contributed by atoms with van der Waals surface area (Å²) >= 11 is 6.03. The van der Waals surface area contributed by atoms with E-state index < -0.39 is 22.8 Å². The molecular weight excluding hydrogens is 548 g/mol. The lowest BCUT2D eigenvalue weighted by atomic mass is 9.96. The molecule has 13 heteroatoms. The molecule has 0 unspecified atom stereocenters. The van der Waals surface area contributed by atoms with E-state index in [1.54, 1.807) is 13.0 Å². The Balaban J connectivity index is 1.66. The Bertz CT molecular complexity index is 1730. The van der Waals surface area contributed by atoms with Gasteiger partial charge in [-0.15, -0.1) is 0 Å². The molecule has 1 aromatic carbocycles. The summed E-state index contributed by atoms with van der Waals surface area (Å²) in [5, 5.41) is 18.2. The SMILES string of the molecule is C[C@@H]1CC/C=C(/c2coc(-c3cc(Cl)ccc3[N+](=O)[O-])cc2=O)c2cc(ccn2)-c2c(cnn2C(F)F)NC1=O. The van der Waals surface area contributed by atoms with E-state index >= 15 is 0 Å². The van der Waals surface area contributed by atoms with Crippen molar-refractivity contribution in [3.05, 3.63) is 97.7 Å². The van der Waals surface area contributed by atoms with Crippen molar-refractivity contribution in [2.24, 2.45) is 5.92 Å². The van der Waals surface area contributed by atoms with E-state index in [4.69, 9.17) is 16.0 Å². The smallest absolute Gasteiger partial charge is 0.333 e. The summed E-state index contributed by atoms with van der Waals surface area (Å²) in [5.41, 5.74) is 0.328. The Labute approximate surface area is 230 Å². The lowest BCUT2D eigenvalue weighted by Crippen LogP contribution is -2.21. The van der Waals surface area contributed by atoms with Crippen LogP contribution in [0.5, 0.6) is 0 Å². The van der Waals surface area contributed by atoms with Crippen molar-refractivity contribution in [3.63, 3.8) is 0 Å². The Hall–Kier alpha value is -4.71. The van der Waals surface area contributed by atoms with Crippen LogP contribution in [0, 0.1) is 16.0 Å². The van der Waals surface area contributed by atoms with Gasteiger partial charge in [-0.25, -0.2) is 4.68 Å². The number of nitrogens with zero attached hydrogens (tertiary/aromatic N) is 4. The molecule has 0 saturated heterocycles. The number of amides is 1. The average molecular weight is 568 g/mol. The summed E-state index contributed by atoms with van der Waals surface area (Å²) in [7, 11) is 0. The first-order valence-corrected chi connectivity index (χ1v) is 12.4. The first-order chi connectivity index (χ1) is 19.1. The van der Waals surface area contributed by atoms with Gasteiger partial charge in [0.1, 0.15) is 12.0 Å². The van der Waals surface area contributed by atoms with Crippen molar-refractivity contribution < 1.29 is 22.9 Å². The Kier molecular flexibility index (Phi) is 7.26. The number of aromatic nitrogens is 3. The second-order valence-corrected chi connectivity index (χ2v) is 9.52. The van der Waals surface area contributed by atoms with Crippen LogP contribution in [0.15, 0.2) is 70.3 Å². The molecule has 5 rings (SSSR count). The van der Waals surface area contributed by atoms with E-state index in [9.17, 15) is 28.5 Å². The van der Waals surface area contributed by atoms with Gasteiger partial charge < -0.3 is 9.73 Å². The average Bonchev–Trinajstić information content (AvgIpc) is 3.34. The van der Waals surface area contributed by atoms with Crippen molar-refractivity contribution in [1.82, 2.24) is 14.8 Å². The van der Waals surface area contributed by atoms with E-state index in [0.29, 0.717) is 28.8 Å². The van der Waals surface area contributed by atoms with E-state index in [1.165, 1.54) is 42.8 Å². The van der Waals surface area contributed by atoms with Crippen molar-refractivity contribution in [3.8, 4) is 22.6 Å². The number of nitro benzene ring substituents is 1. The van der Waals surface area contributed by atoms with Crippen LogP contribution < -0.4 is 10.7 Å². The van der Waals surface area contributed by atoms with Gasteiger partial charge >= 0.3 is 6.55 Å². The van der Waals surface area contributed by atoms with Crippen molar-refractivity contribution in [1.29, 1.82) is 0 Å². The molecule has 1 aliphatic heterocycles. The van der Waals surface area contributed by atoms with Crippen molar-refractivity contribution in [2.45, 2.75) is 26.3 Å². The summed E-state index contributed by atoms with van der Waals surface area (Å²) < 4.78 is 33.8. The van der Waals surface area contributed by atoms with E-state index in [1.807, 2.05) is 0 Å². The van der Waals surface area contributed by atoms with Crippen LogP contribution in [-0.4, -0.2) is 25.6 Å². The highest BCUT2D eigenvalue weighted by Gasteiger charge is 2.25. The predicted octanol–water partition coefficient (Wildman–Crippen LogP) is 6.32. The molecule has 0 saturated carbocycles. The van der Waals surface area contributed by atoms with Crippen LogP contribution in [-0.2, 0) is 4.79 Å². The summed E-state index contributed by atoms with van der Waals surface area (Å²) in [4.78, 5) is 41.4. The monoisotopic (exact) mass is 567 g/mol. The molecule has 1 amide bonds. The van der Waals surface area contributed by atoms with Crippen LogP contribution in [0.4, 0.5) is 20.2 Å². The quantitative estimate of drug-likeness (QED) is 0.225.